The van der Waals surface area contributed by atoms with Gasteiger partial charge in [-0.15, -0.1) is 0 Å². The Balaban J connectivity index is 4.75. The van der Waals surface area contributed by atoms with Crippen molar-refractivity contribution < 1.29 is 52.2 Å². The van der Waals surface area contributed by atoms with Gasteiger partial charge in [0.25, 0.3) is 0 Å². The monoisotopic (exact) mass is 981 g/mol. The topological polar surface area (TPSA) is 155 Å². The van der Waals surface area contributed by atoms with E-state index in [0.29, 0.717) is 19.3 Å². The number of phosphoric acid groups is 1. The molecule has 0 aromatic rings. The van der Waals surface area contributed by atoms with E-state index in [1.807, 2.05) is 0 Å². The van der Waals surface area contributed by atoms with Gasteiger partial charge in [0.15, 0.2) is 6.10 Å². The maximum atomic E-state index is 12.8. The Hall–Kier alpha value is -2.56. The number of aliphatic hydroxyl groups excluding tert-OH is 1. The summed E-state index contributed by atoms with van der Waals surface area (Å²) >= 11 is 0. The van der Waals surface area contributed by atoms with Gasteiger partial charge in [0.2, 0.25) is 0 Å². The fraction of sp³-hybridized carbons (Fsp3) is 0.804. The Morgan fingerprint density at radius 3 is 1.18 bits per heavy atom. The van der Waals surface area contributed by atoms with Crippen molar-refractivity contribution in [2.45, 2.75) is 264 Å². The molecule has 0 radical (unpaired) electrons. The highest BCUT2D eigenvalue weighted by atomic mass is 31.2. The van der Waals surface area contributed by atoms with Gasteiger partial charge in [-0.25, -0.2) is 4.57 Å². The molecule has 0 bridgehead atoms. The first-order valence-electron chi connectivity index (χ1n) is 27.5. The van der Waals surface area contributed by atoms with Gasteiger partial charge in [0, 0.05) is 19.3 Å². The number of phosphoric ester groups is 1. The van der Waals surface area contributed by atoms with Crippen molar-refractivity contribution in [1.82, 2.24) is 0 Å². The number of carbonyl (C=O) groups excluding carboxylic acids is 3. The zero-order chi connectivity index (χ0) is 49.9. The fourth-order valence-electron chi connectivity index (χ4n) is 7.58. The lowest BCUT2D eigenvalue weighted by Gasteiger charge is -2.21. The molecule has 2 N–H and O–H groups in total. The van der Waals surface area contributed by atoms with Crippen molar-refractivity contribution in [3.63, 3.8) is 0 Å². The molecule has 0 heterocycles. The van der Waals surface area contributed by atoms with E-state index in [0.717, 1.165) is 77.0 Å². The number of unbranched alkanes of at least 4 members (excludes halogenated alkanes) is 26. The van der Waals surface area contributed by atoms with Gasteiger partial charge in [-0.05, 0) is 57.8 Å². The van der Waals surface area contributed by atoms with Crippen LogP contribution in [0.2, 0.25) is 0 Å². The van der Waals surface area contributed by atoms with Crippen LogP contribution in [0.25, 0.3) is 0 Å². The highest BCUT2D eigenvalue weighted by Crippen LogP contribution is 2.43. The number of esters is 3. The van der Waals surface area contributed by atoms with E-state index in [9.17, 15) is 28.9 Å². The minimum atomic E-state index is -4.75. The maximum Gasteiger partial charge on any atom is 0.472 e. The normalized spacial score (nSPS) is 13.8. The molecule has 0 spiro atoms. The van der Waals surface area contributed by atoms with Crippen LogP contribution in [-0.2, 0) is 42.2 Å². The molecule has 0 aliphatic carbocycles. The van der Waals surface area contributed by atoms with E-state index in [2.05, 4.69) is 69.4 Å². The Morgan fingerprint density at radius 2 is 0.765 bits per heavy atom. The summed E-state index contributed by atoms with van der Waals surface area (Å²) < 4.78 is 39.3. The van der Waals surface area contributed by atoms with Crippen LogP contribution in [0.5, 0.6) is 0 Å². The molecule has 0 aliphatic rings. The number of aliphatic hydroxyl groups is 1. The molecule has 0 aromatic carbocycles. The van der Waals surface area contributed by atoms with Crippen LogP contribution >= 0.6 is 7.82 Å². The van der Waals surface area contributed by atoms with Crippen LogP contribution in [-0.4, -0.2) is 66.5 Å². The zero-order valence-electron chi connectivity index (χ0n) is 43.6. The standard InChI is InChI=1S/C56H101O11P/c1-4-7-10-13-16-19-21-23-25-26-28-29-31-34-36-39-42-45-54(58)63-49-53(67-56(60)47-44-41-38-35-32-30-27-24-22-20-17-14-11-8-5-2)51-65-68(61,62)64-50-52(48-57)66-55(59)46-43-40-37-33-18-15-12-9-6-3/h8,11,17,20,24,27,32,35,52-53,57H,4-7,9-10,12-16,18-19,21-23,25-26,28-31,33-34,36-51H2,1-3H3,(H,61,62)/b11-8-,20-17-,27-24-,35-32-. The summed E-state index contributed by atoms with van der Waals surface area (Å²) in [5.41, 5.74) is 0. The molecule has 0 aromatic heterocycles. The second-order valence-corrected chi connectivity index (χ2v) is 19.8. The Bertz CT molecular complexity index is 1330. The number of hydrogen-bond acceptors (Lipinski definition) is 10. The molecule has 0 saturated heterocycles. The third-order valence-corrected chi connectivity index (χ3v) is 12.7. The summed E-state index contributed by atoms with van der Waals surface area (Å²) in [6.45, 7) is 4.48. The first kappa shape index (κ1) is 65.4. The lowest BCUT2D eigenvalue weighted by molar-refractivity contribution is -0.161. The van der Waals surface area contributed by atoms with E-state index < -0.39 is 57.8 Å². The van der Waals surface area contributed by atoms with Gasteiger partial charge >= 0.3 is 25.7 Å². The van der Waals surface area contributed by atoms with E-state index >= 15 is 0 Å². The lowest BCUT2D eigenvalue weighted by Crippen LogP contribution is -2.30. The molecule has 0 fully saturated rings. The molecule has 0 saturated carbocycles. The third-order valence-electron chi connectivity index (χ3n) is 11.8. The summed E-state index contributed by atoms with van der Waals surface area (Å²) in [5, 5.41) is 9.75. The van der Waals surface area contributed by atoms with Crippen LogP contribution in [0, 0.1) is 0 Å². The van der Waals surface area contributed by atoms with Gasteiger partial charge in [-0.1, -0.05) is 223 Å². The highest BCUT2D eigenvalue weighted by Gasteiger charge is 2.28. The second-order valence-electron chi connectivity index (χ2n) is 18.4. The van der Waals surface area contributed by atoms with E-state index in [-0.39, 0.29) is 25.9 Å². The quantitative estimate of drug-likeness (QED) is 0.0197. The first-order valence-corrected chi connectivity index (χ1v) is 29.0. The molecule has 0 aliphatic heterocycles. The molecular formula is C56H101O11P. The second kappa shape index (κ2) is 50.8. The Morgan fingerprint density at radius 1 is 0.426 bits per heavy atom. The summed E-state index contributed by atoms with van der Waals surface area (Å²) in [6, 6.07) is 0. The summed E-state index contributed by atoms with van der Waals surface area (Å²) in [7, 11) is -4.75. The predicted molar refractivity (Wildman–Crippen MR) is 279 cm³/mol. The lowest BCUT2D eigenvalue weighted by atomic mass is 10.0. The average molecular weight is 981 g/mol. The molecule has 3 atom stereocenters. The molecule has 3 unspecified atom stereocenters. The van der Waals surface area contributed by atoms with Crippen LogP contribution in [0.15, 0.2) is 48.6 Å². The molecule has 0 rings (SSSR count). The van der Waals surface area contributed by atoms with Crippen molar-refractivity contribution in [3.8, 4) is 0 Å². The van der Waals surface area contributed by atoms with Crippen LogP contribution in [0.3, 0.4) is 0 Å². The first-order chi connectivity index (χ1) is 33.2. The summed E-state index contributed by atoms with van der Waals surface area (Å²) in [4.78, 5) is 48.3. The number of hydrogen-bond donors (Lipinski definition) is 2. The van der Waals surface area contributed by atoms with Gasteiger partial charge in [-0.2, -0.15) is 0 Å². The van der Waals surface area contributed by atoms with Crippen molar-refractivity contribution in [2.24, 2.45) is 0 Å². The smallest absolute Gasteiger partial charge is 0.462 e. The van der Waals surface area contributed by atoms with Gasteiger partial charge in [-0.3, -0.25) is 23.4 Å². The van der Waals surface area contributed by atoms with Gasteiger partial charge < -0.3 is 24.2 Å². The van der Waals surface area contributed by atoms with Gasteiger partial charge in [0.05, 0.1) is 19.8 Å². The SMILES string of the molecule is CC/C=C\C/C=C\C/C=C\C/C=C\CCCCC(=O)OC(COC(=O)CCCCCCCCCCCCCCCCCCC)COP(=O)(O)OCC(CO)OC(=O)CCCCCCCCCCC. The van der Waals surface area contributed by atoms with Crippen molar-refractivity contribution in [1.29, 1.82) is 0 Å². The molecule has 12 heteroatoms. The predicted octanol–water partition coefficient (Wildman–Crippen LogP) is 15.8. The maximum absolute atomic E-state index is 12.8. The average Bonchev–Trinajstić information content (AvgIpc) is 3.32. The Kier molecular flexibility index (Phi) is 48.9. The summed E-state index contributed by atoms with van der Waals surface area (Å²) in [6.07, 6.45) is 52.3. The molecule has 0 amide bonds. The fourth-order valence-corrected chi connectivity index (χ4v) is 8.37. The largest absolute Gasteiger partial charge is 0.472 e. The van der Waals surface area contributed by atoms with Crippen molar-refractivity contribution in [2.75, 3.05) is 26.4 Å². The van der Waals surface area contributed by atoms with Crippen LogP contribution < -0.4 is 0 Å². The molecular weight excluding hydrogens is 880 g/mol. The highest BCUT2D eigenvalue weighted by molar-refractivity contribution is 7.47. The van der Waals surface area contributed by atoms with Gasteiger partial charge in [0.1, 0.15) is 12.7 Å². The molecule has 11 nitrogen and oxygen atoms in total. The van der Waals surface area contributed by atoms with Crippen LogP contribution in [0.1, 0.15) is 252 Å². The minimum Gasteiger partial charge on any atom is -0.462 e. The summed E-state index contributed by atoms with van der Waals surface area (Å²) in [5.74, 6) is -1.50. The number of carbonyl (C=O) groups is 3. The van der Waals surface area contributed by atoms with Crippen LogP contribution in [0.4, 0.5) is 0 Å². The van der Waals surface area contributed by atoms with Crippen molar-refractivity contribution in [3.05, 3.63) is 48.6 Å². The minimum absolute atomic E-state index is 0.118. The van der Waals surface area contributed by atoms with E-state index in [1.54, 1.807) is 0 Å². The number of ether oxygens (including phenoxy) is 3. The number of rotatable bonds is 51. The number of allylic oxidation sites excluding steroid dienone is 8. The van der Waals surface area contributed by atoms with E-state index in [1.165, 1.54) is 116 Å². The molecule has 396 valence electrons. The van der Waals surface area contributed by atoms with Crippen molar-refractivity contribution >= 4 is 25.7 Å². The zero-order valence-corrected chi connectivity index (χ0v) is 44.5. The molecule has 68 heavy (non-hydrogen) atoms. The Labute approximate surface area is 415 Å². The third kappa shape index (κ3) is 48.5. The van der Waals surface area contributed by atoms with E-state index in [4.69, 9.17) is 23.3 Å².